The molecule has 0 aromatic heterocycles. The molecular weight excluding hydrogens is 464 g/mol. The highest BCUT2D eigenvalue weighted by Gasteiger charge is 2.43. The quantitative estimate of drug-likeness (QED) is 0.422. The largest absolute Gasteiger partial charge is 0.497 e. The van der Waals surface area contributed by atoms with Crippen molar-refractivity contribution in [3.05, 3.63) is 24.3 Å². The van der Waals surface area contributed by atoms with Crippen LogP contribution in [0.1, 0.15) is 58.3 Å². The molecule has 0 bridgehead atoms. The minimum Gasteiger partial charge on any atom is -0.497 e. The molecular formula is C26H38N4O6. The number of unbranched alkanes of at least 4 members (excludes halogenated alkanes) is 1. The molecule has 36 heavy (non-hydrogen) atoms. The number of nitrogens with one attached hydrogen (secondary N) is 3. The lowest BCUT2D eigenvalue weighted by Crippen LogP contribution is -2.64. The lowest BCUT2D eigenvalue weighted by Gasteiger charge is -2.39. The monoisotopic (exact) mass is 502 g/mol. The maximum absolute atomic E-state index is 13.6. The number of ether oxygens (including phenoxy) is 2. The van der Waals surface area contributed by atoms with Gasteiger partial charge in [0.25, 0.3) is 5.91 Å². The molecule has 0 radical (unpaired) electrons. The maximum Gasteiger partial charge on any atom is 0.318 e. The normalized spacial score (nSPS) is 18.0. The van der Waals surface area contributed by atoms with Crippen molar-refractivity contribution in [3.8, 4) is 5.75 Å². The summed E-state index contributed by atoms with van der Waals surface area (Å²) in [7, 11) is 1.54. The Morgan fingerprint density at radius 2 is 1.72 bits per heavy atom. The van der Waals surface area contributed by atoms with Gasteiger partial charge >= 0.3 is 6.03 Å². The highest BCUT2D eigenvalue weighted by molar-refractivity contribution is 6.42. The van der Waals surface area contributed by atoms with Crippen molar-refractivity contribution >= 4 is 29.3 Å². The minimum absolute atomic E-state index is 0.302. The molecule has 0 spiro atoms. The third kappa shape index (κ3) is 7.19. The standard InChI is InChI=1S/C26H38N4O6/c1-3-4-8-21(22(31)23(32)27-19-9-11-20(35-2)12-10-19)28-24(33)26(13-6-5-7-14-26)29-25(34)30-15-17-36-18-16-30/h9-12,21H,3-8,13-18H2,1-2H3,(H,27,32)(H,28,33)(H,29,34)/t21-/m0/s1. The third-order valence-electron chi connectivity index (χ3n) is 6.83. The van der Waals surface area contributed by atoms with Crippen LogP contribution >= 0.6 is 0 Å². The van der Waals surface area contributed by atoms with E-state index in [0.29, 0.717) is 63.4 Å². The first-order chi connectivity index (χ1) is 17.4. The topological polar surface area (TPSA) is 126 Å². The molecule has 1 saturated carbocycles. The summed E-state index contributed by atoms with van der Waals surface area (Å²) in [6.07, 6.45) is 5.35. The molecule has 10 heteroatoms. The van der Waals surface area contributed by atoms with Crippen molar-refractivity contribution in [2.45, 2.75) is 69.9 Å². The van der Waals surface area contributed by atoms with Gasteiger partial charge in [0.05, 0.1) is 26.4 Å². The Kier molecular flexibility index (Phi) is 10.1. The van der Waals surface area contributed by atoms with E-state index in [4.69, 9.17) is 9.47 Å². The lowest BCUT2D eigenvalue weighted by atomic mass is 9.80. The van der Waals surface area contributed by atoms with E-state index in [2.05, 4.69) is 16.0 Å². The van der Waals surface area contributed by atoms with E-state index in [9.17, 15) is 19.2 Å². The van der Waals surface area contributed by atoms with E-state index in [1.54, 1.807) is 36.3 Å². The molecule has 1 aliphatic carbocycles. The number of morpholine rings is 1. The van der Waals surface area contributed by atoms with Crippen molar-refractivity contribution in [2.24, 2.45) is 0 Å². The highest BCUT2D eigenvalue weighted by Crippen LogP contribution is 2.29. The van der Waals surface area contributed by atoms with Crippen LogP contribution in [-0.4, -0.2) is 73.5 Å². The van der Waals surface area contributed by atoms with E-state index < -0.39 is 29.2 Å². The zero-order valence-electron chi connectivity index (χ0n) is 21.3. The average Bonchev–Trinajstić information content (AvgIpc) is 2.91. The molecule has 0 unspecified atom stereocenters. The van der Waals surface area contributed by atoms with Crippen LogP contribution in [0.3, 0.4) is 0 Å². The summed E-state index contributed by atoms with van der Waals surface area (Å²) in [6.45, 7) is 3.83. The van der Waals surface area contributed by atoms with Crippen molar-refractivity contribution in [1.82, 2.24) is 15.5 Å². The summed E-state index contributed by atoms with van der Waals surface area (Å²) in [6, 6.07) is 5.36. The van der Waals surface area contributed by atoms with Gasteiger partial charge in [-0.2, -0.15) is 0 Å². The molecule has 3 rings (SSSR count). The maximum atomic E-state index is 13.6. The number of benzene rings is 1. The molecule has 10 nitrogen and oxygen atoms in total. The number of hydrogen-bond donors (Lipinski definition) is 3. The fourth-order valence-corrected chi connectivity index (χ4v) is 4.61. The fourth-order valence-electron chi connectivity index (χ4n) is 4.61. The average molecular weight is 503 g/mol. The number of amides is 4. The smallest absolute Gasteiger partial charge is 0.318 e. The molecule has 1 aliphatic heterocycles. The number of urea groups is 1. The van der Waals surface area contributed by atoms with E-state index in [0.717, 1.165) is 25.7 Å². The van der Waals surface area contributed by atoms with Crippen LogP contribution < -0.4 is 20.7 Å². The molecule has 2 fully saturated rings. The Morgan fingerprint density at radius 1 is 1.06 bits per heavy atom. The fraction of sp³-hybridized carbons (Fsp3) is 0.615. The summed E-state index contributed by atoms with van der Waals surface area (Å²) >= 11 is 0. The van der Waals surface area contributed by atoms with Crippen molar-refractivity contribution in [1.29, 1.82) is 0 Å². The van der Waals surface area contributed by atoms with Crippen molar-refractivity contribution in [3.63, 3.8) is 0 Å². The summed E-state index contributed by atoms with van der Waals surface area (Å²) in [5, 5.41) is 8.41. The SMILES string of the molecule is CCCC[C@H](NC(=O)C1(NC(=O)N2CCOCC2)CCCCC1)C(=O)C(=O)Nc1ccc(OC)cc1. The zero-order valence-corrected chi connectivity index (χ0v) is 21.3. The van der Waals surface area contributed by atoms with Crippen LogP contribution in [-0.2, 0) is 19.1 Å². The van der Waals surface area contributed by atoms with Gasteiger partial charge in [-0.05, 0) is 43.5 Å². The van der Waals surface area contributed by atoms with Gasteiger partial charge in [0.1, 0.15) is 11.3 Å². The van der Waals surface area contributed by atoms with Crippen LogP contribution in [0, 0.1) is 0 Å². The molecule has 1 aromatic carbocycles. The highest BCUT2D eigenvalue weighted by atomic mass is 16.5. The zero-order chi connectivity index (χ0) is 26.0. The van der Waals surface area contributed by atoms with Gasteiger partial charge in [-0.25, -0.2) is 4.79 Å². The van der Waals surface area contributed by atoms with Crippen molar-refractivity contribution < 1.29 is 28.7 Å². The van der Waals surface area contributed by atoms with Gasteiger partial charge in [-0.15, -0.1) is 0 Å². The number of hydrogen-bond acceptors (Lipinski definition) is 6. The van der Waals surface area contributed by atoms with Gasteiger partial charge in [0, 0.05) is 18.8 Å². The Labute approximate surface area is 212 Å². The van der Waals surface area contributed by atoms with Crippen LogP contribution in [0.2, 0.25) is 0 Å². The number of Topliss-reactive ketones (excluding diaryl/α,β-unsaturated/α-hetero) is 1. The molecule has 1 saturated heterocycles. The second kappa shape index (κ2) is 13.2. The number of carbonyl (C=O) groups excluding carboxylic acids is 4. The summed E-state index contributed by atoms with van der Waals surface area (Å²) in [5.74, 6) is -1.28. The number of rotatable bonds is 10. The predicted molar refractivity (Wildman–Crippen MR) is 135 cm³/mol. The van der Waals surface area contributed by atoms with Crippen LogP contribution in [0.5, 0.6) is 5.75 Å². The number of ketones is 1. The van der Waals surface area contributed by atoms with E-state index in [1.807, 2.05) is 6.92 Å². The van der Waals surface area contributed by atoms with E-state index in [-0.39, 0.29) is 6.03 Å². The first-order valence-electron chi connectivity index (χ1n) is 12.8. The van der Waals surface area contributed by atoms with Crippen LogP contribution in [0.4, 0.5) is 10.5 Å². The summed E-state index contributed by atoms with van der Waals surface area (Å²) < 4.78 is 10.4. The number of anilines is 1. The number of methoxy groups -OCH3 is 1. The predicted octanol–water partition coefficient (Wildman–Crippen LogP) is 2.62. The van der Waals surface area contributed by atoms with E-state index in [1.165, 1.54) is 0 Å². The minimum atomic E-state index is -1.11. The molecule has 1 atom stereocenters. The molecule has 4 amide bonds. The van der Waals surface area contributed by atoms with Gasteiger partial charge in [-0.3, -0.25) is 14.4 Å². The van der Waals surface area contributed by atoms with Gasteiger partial charge in [-0.1, -0.05) is 39.0 Å². The second-order valence-electron chi connectivity index (χ2n) is 9.39. The number of carbonyl (C=O) groups is 4. The molecule has 1 heterocycles. The van der Waals surface area contributed by atoms with Gasteiger partial charge in [0.2, 0.25) is 11.7 Å². The molecule has 2 aliphatic rings. The Hall–Kier alpha value is -3.14. The summed E-state index contributed by atoms with van der Waals surface area (Å²) in [5.41, 5.74) is -0.651. The van der Waals surface area contributed by atoms with E-state index >= 15 is 0 Å². The molecule has 198 valence electrons. The van der Waals surface area contributed by atoms with Gasteiger partial charge in [0.15, 0.2) is 0 Å². The Bertz CT molecular complexity index is 908. The Balaban J connectivity index is 1.71. The second-order valence-corrected chi connectivity index (χ2v) is 9.39. The lowest BCUT2D eigenvalue weighted by molar-refractivity contribution is -0.138. The number of nitrogens with zero attached hydrogens (tertiary/aromatic N) is 1. The first kappa shape index (κ1) is 27.4. The van der Waals surface area contributed by atoms with Gasteiger partial charge < -0.3 is 30.3 Å². The molecule has 3 N–H and O–H groups in total. The van der Waals surface area contributed by atoms with Crippen LogP contribution in [0.25, 0.3) is 0 Å². The Morgan fingerprint density at radius 3 is 2.33 bits per heavy atom. The summed E-state index contributed by atoms with van der Waals surface area (Å²) in [4.78, 5) is 54.1. The van der Waals surface area contributed by atoms with Crippen LogP contribution in [0.15, 0.2) is 24.3 Å². The van der Waals surface area contributed by atoms with Crippen molar-refractivity contribution in [2.75, 3.05) is 38.7 Å². The first-order valence-corrected chi connectivity index (χ1v) is 12.8. The third-order valence-corrected chi connectivity index (χ3v) is 6.83. The molecule has 1 aromatic rings.